The Labute approximate surface area is 118 Å². The quantitative estimate of drug-likeness (QED) is 0.573. The minimum Gasteiger partial charge on any atom is -0.456 e. The molecular formula is C19H16O. The molecular weight excluding hydrogens is 244 g/mol. The van der Waals surface area contributed by atoms with Crippen LogP contribution in [0.3, 0.4) is 0 Å². The Morgan fingerprint density at radius 3 is 2.85 bits per heavy atom. The van der Waals surface area contributed by atoms with Crippen molar-refractivity contribution in [1.82, 2.24) is 0 Å². The summed E-state index contributed by atoms with van der Waals surface area (Å²) in [6.45, 7) is 2.16. The van der Waals surface area contributed by atoms with E-state index in [1.807, 2.05) is 0 Å². The van der Waals surface area contributed by atoms with Gasteiger partial charge in [0.15, 0.2) is 0 Å². The van der Waals surface area contributed by atoms with Gasteiger partial charge in [-0.3, -0.25) is 0 Å². The second-order valence-electron chi connectivity index (χ2n) is 5.41. The van der Waals surface area contributed by atoms with Crippen LogP contribution in [-0.4, -0.2) is 0 Å². The highest BCUT2D eigenvalue weighted by molar-refractivity contribution is 5.89. The minimum absolute atomic E-state index is 0.999. The largest absolute Gasteiger partial charge is 0.456 e. The maximum absolute atomic E-state index is 5.92. The van der Waals surface area contributed by atoms with Crippen LogP contribution in [0.25, 0.3) is 28.2 Å². The molecule has 1 aliphatic rings. The highest BCUT2D eigenvalue weighted by atomic mass is 16.3. The van der Waals surface area contributed by atoms with E-state index in [1.165, 1.54) is 27.6 Å². The topological polar surface area (TPSA) is 13.1 Å². The number of rotatable bonds is 1. The zero-order valence-electron chi connectivity index (χ0n) is 11.5. The van der Waals surface area contributed by atoms with Crippen molar-refractivity contribution in [2.75, 3.05) is 0 Å². The molecule has 1 aliphatic carbocycles. The number of allylic oxidation sites excluding steroid dienone is 1. The molecule has 0 fully saturated rings. The number of hydrogen-bond donors (Lipinski definition) is 0. The first kappa shape index (κ1) is 11.5. The molecule has 3 aromatic rings. The molecule has 4 rings (SSSR count). The number of benzene rings is 2. The summed E-state index contributed by atoms with van der Waals surface area (Å²) in [4.78, 5) is 0. The predicted octanol–water partition coefficient (Wildman–Crippen LogP) is 5.37. The van der Waals surface area contributed by atoms with Gasteiger partial charge in [-0.15, -0.1) is 0 Å². The van der Waals surface area contributed by atoms with Crippen LogP contribution in [0, 0.1) is 6.92 Å². The molecule has 0 N–H and O–H groups in total. The van der Waals surface area contributed by atoms with E-state index in [-0.39, 0.29) is 0 Å². The highest BCUT2D eigenvalue weighted by Crippen LogP contribution is 2.34. The van der Waals surface area contributed by atoms with Crippen LogP contribution in [0.15, 0.2) is 53.0 Å². The van der Waals surface area contributed by atoms with Gasteiger partial charge in [-0.25, -0.2) is 0 Å². The van der Waals surface area contributed by atoms with Crippen LogP contribution >= 0.6 is 0 Å². The fourth-order valence-corrected chi connectivity index (χ4v) is 3.04. The first-order valence-corrected chi connectivity index (χ1v) is 7.11. The molecule has 0 radical (unpaired) electrons. The summed E-state index contributed by atoms with van der Waals surface area (Å²) in [6.07, 6.45) is 6.48. The molecule has 0 unspecified atom stereocenters. The van der Waals surface area contributed by atoms with E-state index < -0.39 is 0 Å². The summed E-state index contributed by atoms with van der Waals surface area (Å²) in [6, 6.07) is 15.1. The van der Waals surface area contributed by atoms with Gasteiger partial charge < -0.3 is 4.42 Å². The van der Waals surface area contributed by atoms with Gasteiger partial charge >= 0.3 is 0 Å². The zero-order valence-corrected chi connectivity index (χ0v) is 11.5. The highest BCUT2D eigenvalue weighted by Gasteiger charge is 2.15. The normalized spacial score (nSPS) is 13.7. The Balaban J connectivity index is 1.95. The van der Waals surface area contributed by atoms with Crippen molar-refractivity contribution < 1.29 is 4.42 Å². The average molecular weight is 260 g/mol. The van der Waals surface area contributed by atoms with Crippen LogP contribution in [-0.2, 0) is 6.42 Å². The third-order valence-electron chi connectivity index (χ3n) is 4.11. The molecule has 0 bridgehead atoms. The zero-order chi connectivity index (χ0) is 13.5. The van der Waals surface area contributed by atoms with Gasteiger partial charge in [-0.1, -0.05) is 36.4 Å². The van der Waals surface area contributed by atoms with Crippen LogP contribution in [0.1, 0.15) is 23.3 Å². The molecule has 0 saturated carbocycles. The van der Waals surface area contributed by atoms with E-state index >= 15 is 0 Å². The molecule has 1 aromatic heterocycles. The maximum Gasteiger partial charge on any atom is 0.135 e. The van der Waals surface area contributed by atoms with E-state index in [0.717, 1.165) is 24.2 Å². The molecule has 0 saturated heterocycles. The molecule has 20 heavy (non-hydrogen) atoms. The summed E-state index contributed by atoms with van der Waals surface area (Å²) in [5.74, 6) is 1.04. The van der Waals surface area contributed by atoms with E-state index in [0.29, 0.717) is 0 Å². The number of fused-ring (bicyclic) bond motifs is 3. The number of hydrogen-bond acceptors (Lipinski definition) is 1. The summed E-state index contributed by atoms with van der Waals surface area (Å²) in [5, 5.41) is 1.27. The lowest BCUT2D eigenvalue weighted by atomic mass is 9.96. The Morgan fingerprint density at radius 2 is 1.95 bits per heavy atom. The lowest BCUT2D eigenvalue weighted by Crippen LogP contribution is -1.89. The molecule has 0 atom stereocenters. The molecule has 0 aliphatic heterocycles. The van der Waals surface area contributed by atoms with E-state index in [4.69, 9.17) is 4.42 Å². The van der Waals surface area contributed by atoms with E-state index in [9.17, 15) is 0 Å². The summed E-state index contributed by atoms with van der Waals surface area (Å²) in [5.41, 5.74) is 6.24. The average Bonchev–Trinajstić information content (AvgIpc) is 2.85. The molecule has 1 nitrogen and oxygen atoms in total. The van der Waals surface area contributed by atoms with Gasteiger partial charge in [0.1, 0.15) is 11.3 Å². The van der Waals surface area contributed by atoms with Gasteiger partial charge in [0, 0.05) is 10.9 Å². The second-order valence-corrected chi connectivity index (χ2v) is 5.41. The van der Waals surface area contributed by atoms with Crippen LogP contribution in [0.2, 0.25) is 0 Å². The van der Waals surface area contributed by atoms with Crippen LogP contribution in [0.4, 0.5) is 0 Å². The van der Waals surface area contributed by atoms with E-state index in [1.54, 1.807) is 0 Å². The fourth-order valence-electron chi connectivity index (χ4n) is 3.04. The van der Waals surface area contributed by atoms with Crippen molar-refractivity contribution in [2.45, 2.75) is 19.8 Å². The second kappa shape index (κ2) is 4.38. The summed E-state index contributed by atoms with van der Waals surface area (Å²) >= 11 is 0. The van der Waals surface area contributed by atoms with Crippen molar-refractivity contribution in [3.8, 4) is 11.1 Å². The Morgan fingerprint density at radius 1 is 1.05 bits per heavy atom. The smallest absolute Gasteiger partial charge is 0.135 e. The third-order valence-corrected chi connectivity index (χ3v) is 4.11. The molecule has 0 spiro atoms. The molecule has 98 valence electrons. The van der Waals surface area contributed by atoms with Gasteiger partial charge in [0.05, 0.1) is 0 Å². The van der Waals surface area contributed by atoms with Gasteiger partial charge in [-0.05, 0) is 54.7 Å². The first-order valence-electron chi connectivity index (χ1n) is 7.11. The van der Waals surface area contributed by atoms with Gasteiger partial charge in [0.2, 0.25) is 0 Å². The SMILES string of the molecule is Cc1ccccc1-c1ccc2oc3c(c2c1)CCC=C3. The predicted molar refractivity (Wildman–Crippen MR) is 83.7 cm³/mol. The van der Waals surface area contributed by atoms with Gasteiger partial charge in [0.25, 0.3) is 0 Å². The Kier molecular flexibility index (Phi) is 2.53. The number of furan rings is 1. The number of aryl methyl sites for hydroxylation is 2. The van der Waals surface area contributed by atoms with Crippen molar-refractivity contribution in [2.24, 2.45) is 0 Å². The Hall–Kier alpha value is -2.28. The van der Waals surface area contributed by atoms with Gasteiger partial charge in [-0.2, -0.15) is 0 Å². The summed E-state index contributed by atoms with van der Waals surface area (Å²) < 4.78 is 5.92. The van der Waals surface area contributed by atoms with Crippen LogP contribution < -0.4 is 0 Å². The standard InChI is InChI=1S/C19H16O/c1-13-6-2-3-7-15(13)14-10-11-19-17(12-14)16-8-4-5-9-18(16)20-19/h2-3,5-7,9-12H,4,8H2,1H3. The molecule has 1 heteroatoms. The summed E-state index contributed by atoms with van der Waals surface area (Å²) in [7, 11) is 0. The lowest BCUT2D eigenvalue weighted by Gasteiger charge is -2.06. The van der Waals surface area contributed by atoms with Crippen molar-refractivity contribution >= 4 is 17.0 Å². The minimum atomic E-state index is 0.999. The molecule has 2 aromatic carbocycles. The third kappa shape index (κ3) is 1.70. The molecule has 1 heterocycles. The maximum atomic E-state index is 5.92. The van der Waals surface area contributed by atoms with E-state index in [2.05, 4.69) is 61.5 Å². The van der Waals surface area contributed by atoms with Crippen molar-refractivity contribution in [3.63, 3.8) is 0 Å². The first-order chi connectivity index (χ1) is 9.83. The molecule has 0 amide bonds. The monoisotopic (exact) mass is 260 g/mol. The fraction of sp³-hybridized carbons (Fsp3) is 0.158. The lowest BCUT2D eigenvalue weighted by molar-refractivity contribution is 0.595. The Bertz CT molecular complexity index is 821. The van der Waals surface area contributed by atoms with Crippen molar-refractivity contribution in [1.29, 1.82) is 0 Å². The van der Waals surface area contributed by atoms with Crippen molar-refractivity contribution in [3.05, 3.63) is 65.4 Å². The van der Waals surface area contributed by atoms with Crippen LogP contribution in [0.5, 0.6) is 0 Å².